The van der Waals surface area contributed by atoms with Gasteiger partial charge in [-0.25, -0.2) is 8.42 Å². The van der Waals surface area contributed by atoms with Crippen molar-refractivity contribution < 1.29 is 8.42 Å². The Hall–Kier alpha value is -1.35. The first-order chi connectivity index (χ1) is 14.0. The third kappa shape index (κ3) is 4.93. The van der Waals surface area contributed by atoms with Gasteiger partial charge < -0.3 is 0 Å². The molecule has 0 radical (unpaired) electrons. The third-order valence-corrected chi connectivity index (χ3v) is 9.81. The van der Waals surface area contributed by atoms with E-state index < -0.39 is 14.6 Å². The van der Waals surface area contributed by atoms with Gasteiger partial charge in [-0.2, -0.15) is 0 Å². The molecule has 0 spiro atoms. The van der Waals surface area contributed by atoms with Crippen molar-refractivity contribution in [3.05, 3.63) is 58.6 Å². The highest BCUT2D eigenvalue weighted by Crippen LogP contribution is 2.55. The Morgan fingerprint density at radius 3 is 2.57 bits per heavy atom. The minimum Gasteiger partial charge on any atom is -0.224 e. The summed E-state index contributed by atoms with van der Waals surface area (Å²) in [6.07, 6.45) is 20.6. The van der Waals surface area contributed by atoms with Gasteiger partial charge in [0.1, 0.15) is 0 Å². The number of sulfone groups is 1. The zero-order chi connectivity index (χ0) is 22.0. The fourth-order valence-electron chi connectivity index (χ4n) is 5.33. The molecule has 30 heavy (non-hydrogen) atoms. The molecular formula is C27H40O2S. The Morgan fingerprint density at radius 1 is 1.13 bits per heavy atom. The summed E-state index contributed by atoms with van der Waals surface area (Å²) in [5.41, 5.74) is 6.16. The van der Waals surface area contributed by atoms with E-state index in [0.717, 1.165) is 25.7 Å². The number of fused-ring (bicyclic) bond motifs is 1. The Kier molecular flexibility index (Phi) is 7.01. The molecule has 2 fully saturated rings. The van der Waals surface area contributed by atoms with Gasteiger partial charge in [-0.3, -0.25) is 0 Å². The summed E-state index contributed by atoms with van der Waals surface area (Å²) in [7, 11) is -3.19. The smallest absolute Gasteiger partial charge is 0.176 e. The monoisotopic (exact) mass is 428 g/mol. The van der Waals surface area contributed by atoms with E-state index in [4.69, 9.17) is 0 Å². The number of allylic oxidation sites excluding steroid dienone is 8. The van der Waals surface area contributed by atoms with Crippen molar-refractivity contribution in [3.63, 3.8) is 0 Å². The fourth-order valence-corrected chi connectivity index (χ4v) is 6.13. The van der Waals surface area contributed by atoms with Crippen molar-refractivity contribution in [1.29, 1.82) is 0 Å². The maximum atomic E-state index is 12.3. The van der Waals surface area contributed by atoms with E-state index >= 15 is 0 Å². The Labute approximate surface area is 184 Å². The van der Waals surface area contributed by atoms with E-state index in [9.17, 15) is 8.42 Å². The van der Waals surface area contributed by atoms with Crippen molar-refractivity contribution in [1.82, 2.24) is 0 Å². The zero-order valence-electron chi connectivity index (χ0n) is 19.5. The molecule has 0 saturated heterocycles. The summed E-state index contributed by atoms with van der Waals surface area (Å²) in [4.78, 5) is 0. The van der Waals surface area contributed by atoms with E-state index in [-0.39, 0.29) is 5.41 Å². The molecule has 0 N–H and O–H groups in total. The van der Waals surface area contributed by atoms with Gasteiger partial charge in [-0.1, -0.05) is 54.5 Å². The molecule has 3 rings (SSSR count). The highest BCUT2D eigenvalue weighted by Gasteiger charge is 2.44. The van der Waals surface area contributed by atoms with E-state index in [0.29, 0.717) is 5.92 Å². The van der Waals surface area contributed by atoms with E-state index in [1.54, 1.807) is 26.3 Å². The number of hydrogen-bond donors (Lipinski definition) is 0. The minimum absolute atomic E-state index is 0.239. The summed E-state index contributed by atoms with van der Waals surface area (Å²) >= 11 is 0. The van der Waals surface area contributed by atoms with Crippen LogP contribution in [0.25, 0.3) is 0 Å². The van der Waals surface area contributed by atoms with Crippen LogP contribution in [0.1, 0.15) is 91.9 Å². The maximum absolute atomic E-state index is 12.3. The minimum atomic E-state index is -3.19. The molecule has 0 aliphatic heterocycles. The fraction of sp³-hybridized carbons (Fsp3) is 0.630. The van der Waals surface area contributed by atoms with Crippen LogP contribution in [0.5, 0.6) is 0 Å². The van der Waals surface area contributed by atoms with Crippen LogP contribution in [-0.2, 0) is 9.84 Å². The number of rotatable bonds is 5. The van der Waals surface area contributed by atoms with Crippen molar-refractivity contribution in [2.24, 2.45) is 11.3 Å². The van der Waals surface area contributed by atoms with Gasteiger partial charge >= 0.3 is 0 Å². The molecule has 0 unspecified atom stereocenters. The SMILES string of the molecule is C=C1CCCC/C1=C/C=C1\CCC[C@]2(C)C(CC/C=C/S(=O)(=O)C(C)(C)C)=CC[C@@H]12. The summed E-state index contributed by atoms with van der Waals surface area (Å²) < 4.78 is 23.8. The lowest BCUT2D eigenvalue weighted by molar-refractivity contribution is 0.229. The molecule has 0 aromatic carbocycles. The topological polar surface area (TPSA) is 34.1 Å². The lowest BCUT2D eigenvalue weighted by Gasteiger charge is -2.41. The van der Waals surface area contributed by atoms with Gasteiger partial charge in [0, 0.05) is 5.41 Å². The van der Waals surface area contributed by atoms with Crippen LogP contribution in [0.15, 0.2) is 58.6 Å². The largest absolute Gasteiger partial charge is 0.224 e. The van der Waals surface area contributed by atoms with Crippen LogP contribution in [0.2, 0.25) is 0 Å². The third-order valence-electron chi connectivity index (χ3n) is 7.55. The zero-order valence-corrected chi connectivity index (χ0v) is 20.3. The molecular weight excluding hydrogens is 388 g/mol. The average molecular weight is 429 g/mol. The predicted octanol–water partition coefficient (Wildman–Crippen LogP) is 7.61. The van der Waals surface area contributed by atoms with Gasteiger partial charge in [0.05, 0.1) is 4.75 Å². The molecule has 0 amide bonds. The van der Waals surface area contributed by atoms with Crippen molar-refractivity contribution in [2.45, 2.75) is 96.7 Å². The molecule has 0 aromatic heterocycles. The second-order valence-corrected chi connectivity index (χ2v) is 13.2. The molecule has 3 aliphatic carbocycles. The summed E-state index contributed by atoms with van der Waals surface area (Å²) in [5, 5.41) is 1.43. The average Bonchev–Trinajstić information content (AvgIpc) is 3.00. The Morgan fingerprint density at radius 2 is 1.87 bits per heavy atom. The van der Waals surface area contributed by atoms with Crippen LogP contribution in [0, 0.1) is 11.3 Å². The highest BCUT2D eigenvalue weighted by molar-refractivity contribution is 7.95. The molecule has 3 heteroatoms. The quantitative estimate of drug-likeness (QED) is 0.422. The second-order valence-electron chi connectivity index (χ2n) is 10.6. The van der Waals surface area contributed by atoms with Crippen LogP contribution in [-0.4, -0.2) is 13.2 Å². The van der Waals surface area contributed by atoms with Gasteiger partial charge in [-0.05, 0) is 102 Å². The normalized spacial score (nSPS) is 30.9. The van der Waals surface area contributed by atoms with Gasteiger partial charge in [0.2, 0.25) is 0 Å². The molecule has 0 heterocycles. The Balaban J connectivity index is 1.66. The van der Waals surface area contributed by atoms with Crippen LogP contribution < -0.4 is 0 Å². The highest BCUT2D eigenvalue weighted by atomic mass is 32.2. The predicted molar refractivity (Wildman–Crippen MR) is 129 cm³/mol. The first kappa shape index (κ1) is 23.3. The molecule has 2 nitrogen and oxygen atoms in total. The van der Waals surface area contributed by atoms with Crippen molar-refractivity contribution >= 4 is 9.84 Å². The summed E-state index contributed by atoms with van der Waals surface area (Å²) in [6, 6.07) is 0. The molecule has 166 valence electrons. The van der Waals surface area contributed by atoms with Gasteiger partial charge in [0.15, 0.2) is 9.84 Å². The van der Waals surface area contributed by atoms with Crippen LogP contribution in [0.4, 0.5) is 0 Å². The molecule has 0 bridgehead atoms. The molecule has 3 aliphatic rings. The molecule has 2 saturated carbocycles. The van der Waals surface area contributed by atoms with E-state index in [1.807, 2.05) is 6.08 Å². The van der Waals surface area contributed by atoms with E-state index in [2.05, 4.69) is 31.7 Å². The second kappa shape index (κ2) is 9.02. The summed E-state index contributed by atoms with van der Waals surface area (Å²) in [5.74, 6) is 0.609. The number of hydrogen-bond acceptors (Lipinski definition) is 2. The lowest BCUT2D eigenvalue weighted by atomic mass is 9.63. The standard InChI is InChI=1S/C27H40O2S/c1-21-11-6-7-12-22(21)15-16-23-13-10-19-27(5)24(17-18-25(23)27)14-8-9-20-30(28,29)26(2,3)4/h9,15-17,20,25H,1,6-8,10-14,18-19H2,2-5H3/b20-9+,22-15-,23-16+/t25-,27+/m0/s1. The van der Waals surface area contributed by atoms with Gasteiger partial charge in [0.25, 0.3) is 0 Å². The maximum Gasteiger partial charge on any atom is 0.176 e. The van der Waals surface area contributed by atoms with E-state index in [1.165, 1.54) is 60.7 Å². The van der Waals surface area contributed by atoms with Gasteiger partial charge in [-0.15, -0.1) is 0 Å². The van der Waals surface area contributed by atoms with Crippen LogP contribution in [0.3, 0.4) is 0 Å². The van der Waals surface area contributed by atoms with Crippen LogP contribution >= 0.6 is 0 Å². The first-order valence-corrected chi connectivity index (χ1v) is 13.3. The lowest BCUT2D eigenvalue weighted by Crippen LogP contribution is -2.30. The van der Waals surface area contributed by atoms with Crippen molar-refractivity contribution in [3.8, 4) is 0 Å². The summed E-state index contributed by atoms with van der Waals surface area (Å²) in [6.45, 7) is 12.0. The molecule has 0 aromatic rings. The molecule has 2 atom stereocenters. The Bertz CT molecular complexity index is 890. The van der Waals surface area contributed by atoms with Crippen molar-refractivity contribution in [2.75, 3.05) is 0 Å². The first-order valence-electron chi connectivity index (χ1n) is 11.7.